The highest BCUT2D eigenvalue weighted by Gasteiger charge is 2.37. The minimum absolute atomic E-state index is 0.119. The van der Waals surface area contributed by atoms with Gasteiger partial charge in [-0.15, -0.1) is 0 Å². The van der Waals surface area contributed by atoms with Crippen molar-refractivity contribution >= 4 is 17.6 Å². The van der Waals surface area contributed by atoms with Crippen LogP contribution in [0.25, 0.3) is 0 Å². The monoisotopic (exact) mass is 236 g/mol. The molecular formula is C7H7F3N4O2. The molecule has 0 spiro atoms. The Bertz CT molecular complexity index is 385. The molecule has 0 bridgehead atoms. The van der Waals surface area contributed by atoms with Crippen molar-refractivity contribution in [3.05, 3.63) is 12.3 Å². The van der Waals surface area contributed by atoms with Crippen LogP contribution in [0.1, 0.15) is 6.92 Å². The zero-order valence-electron chi connectivity index (χ0n) is 8.00. The summed E-state index contributed by atoms with van der Waals surface area (Å²) in [6.07, 6.45) is -3.53. The van der Waals surface area contributed by atoms with Crippen molar-refractivity contribution in [1.29, 1.82) is 0 Å². The first-order valence-corrected chi connectivity index (χ1v) is 3.98. The lowest BCUT2D eigenvalue weighted by Crippen LogP contribution is -2.37. The number of halogens is 3. The molecular weight excluding hydrogens is 229 g/mol. The SMILES string of the molecule is CC(=O)ON/C(=N\c1ccn[nH]1)C(F)(F)F. The van der Waals surface area contributed by atoms with Crippen LogP contribution >= 0.6 is 0 Å². The van der Waals surface area contributed by atoms with Crippen LogP contribution in [0.3, 0.4) is 0 Å². The van der Waals surface area contributed by atoms with Gasteiger partial charge in [0.1, 0.15) is 5.82 Å². The Balaban J connectivity index is 2.84. The van der Waals surface area contributed by atoms with Crippen molar-refractivity contribution in [3.63, 3.8) is 0 Å². The molecule has 2 N–H and O–H groups in total. The number of nitrogens with zero attached hydrogens (tertiary/aromatic N) is 2. The normalized spacial score (nSPS) is 12.4. The van der Waals surface area contributed by atoms with Gasteiger partial charge in [0.2, 0.25) is 5.84 Å². The van der Waals surface area contributed by atoms with E-state index < -0.39 is 18.0 Å². The smallest absolute Gasteiger partial charge is 0.342 e. The highest BCUT2D eigenvalue weighted by molar-refractivity contribution is 5.89. The molecule has 16 heavy (non-hydrogen) atoms. The molecule has 0 fully saturated rings. The van der Waals surface area contributed by atoms with Crippen LogP contribution in [0.5, 0.6) is 0 Å². The zero-order chi connectivity index (χ0) is 12.2. The predicted octanol–water partition coefficient (Wildman–Crippen LogP) is 1.07. The molecule has 0 aliphatic carbocycles. The average molecular weight is 236 g/mol. The number of amidine groups is 1. The molecule has 1 rings (SSSR count). The topological polar surface area (TPSA) is 79.4 Å². The van der Waals surface area contributed by atoms with Crippen LogP contribution in [0.15, 0.2) is 17.3 Å². The number of nitrogens with one attached hydrogen (secondary N) is 2. The number of hydroxylamine groups is 1. The number of H-pyrrole nitrogens is 1. The molecule has 0 aliphatic heterocycles. The van der Waals surface area contributed by atoms with Crippen molar-refractivity contribution in [3.8, 4) is 0 Å². The fourth-order valence-electron chi connectivity index (χ4n) is 0.696. The van der Waals surface area contributed by atoms with E-state index in [1.54, 1.807) is 0 Å². The van der Waals surface area contributed by atoms with E-state index in [0.29, 0.717) is 0 Å². The van der Waals surface area contributed by atoms with Gasteiger partial charge in [-0.1, -0.05) is 0 Å². The molecule has 0 saturated carbocycles. The van der Waals surface area contributed by atoms with Crippen LogP contribution < -0.4 is 5.48 Å². The summed E-state index contributed by atoms with van der Waals surface area (Å²) in [6.45, 7) is 0.956. The summed E-state index contributed by atoms with van der Waals surface area (Å²) in [7, 11) is 0. The lowest BCUT2D eigenvalue weighted by atomic mass is 10.5. The molecule has 1 aromatic heterocycles. The summed E-state index contributed by atoms with van der Waals surface area (Å²) >= 11 is 0. The first-order chi connectivity index (χ1) is 7.39. The number of alkyl halides is 3. The first-order valence-electron chi connectivity index (χ1n) is 3.98. The number of hydrogen-bond acceptors (Lipinski definition) is 4. The molecule has 0 atom stereocenters. The zero-order valence-corrected chi connectivity index (χ0v) is 8.00. The Kier molecular flexibility index (Phi) is 3.48. The highest BCUT2D eigenvalue weighted by Crippen LogP contribution is 2.18. The lowest BCUT2D eigenvalue weighted by molar-refractivity contribution is -0.146. The maximum absolute atomic E-state index is 12.3. The number of aromatic amines is 1. The number of aliphatic imine (C=N–C) groups is 1. The summed E-state index contributed by atoms with van der Waals surface area (Å²) in [5.41, 5.74) is 1.43. The molecule has 0 aromatic carbocycles. The van der Waals surface area contributed by atoms with Crippen molar-refractivity contribution in [1.82, 2.24) is 15.7 Å². The van der Waals surface area contributed by atoms with Gasteiger partial charge in [0, 0.05) is 13.0 Å². The van der Waals surface area contributed by atoms with E-state index in [9.17, 15) is 18.0 Å². The van der Waals surface area contributed by atoms with E-state index in [4.69, 9.17) is 0 Å². The van der Waals surface area contributed by atoms with E-state index in [0.717, 1.165) is 6.92 Å². The van der Waals surface area contributed by atoms with Gasteiger partial charge < -0.3 is 4.84 Å². The van der Waals surface area contributed by atoms with Gasteiger partial charge in [0.05, 0.1) is 6.20 Å². The lowest BCUT2D eigenvalue weighted by Gasteiger charge is -2.10. The Hall–Kier alpha value is -2.06. The second kappa shape index (κ2) is 4.64. The summed E-state index contributed by atoms with van der Waals surface area (Å²) in [5.74, 6) is -2.49. The van der Waals surface area contributed by atoms with Crippen molar-refractivity contribution in [2.75, 3.05) is 0 Å². The van der Waals surface area contributed by atoms with Crippen molar-refractivity contribution in [2.24, 2.45) is 4.99 Å². The third-order valence-electron chi connectivity index (χ3n) is 1.28. The second-order valence-electron chi connectivity index (χ2n) is 2.60. The fourth-order valence-corrected chi connectivity index (χ4v) is 0.696. The highest BCUT2D eigenvalue weighted by atomic mass is 19.4. The first kappa shape index (κ1) is 12.0. The predicted molar refractivity (Wildman–Crippen MR) is 46.6 cm³/mol. The molecule has 6 nitrogen and oxygen atoms in total. The van der Waals surface area contributed by atoms with E-state index in [2.05, 4.69) is 20.0 Å². The molecule has 1 heterocycles. The molecule has 0 amide bonds. The van der Waals surface area contributed by atoms with E-state index in [-0.39, 0.29) is 5.82 Å². The number of rotatable bonds is 1. The van der Waals surface area contributed by atoms with E-state index >= 15 is 0 Å². The van der Waals surface area contributed by atoms with Gasteiger partial charge in [0.15, 0.2) is 0 Å². The quantitative estimate of drug-likeness (QED) is 0.434. The molecule has 9 heteroatoms. The van der Waals surface area contributed by atoms with Crippen molar-refractivity contribution in [2.45, 2.75) is 13.1 Å². The van der Waals surface area contributed by atoms with Gasteiger partial charge in [-0.25, -0.2) is 4.99 Å². The van der Waals surface area contributed by atoms with E-state index in [1.165, 1.54) is 17.7 Å². The van der Waals surface area contributed by atoms with E-state index in [1.807, 2.05) is 0 Å². The maximum Gasteiger partial charge on any atom is 0.452 e. The molecule has 88 valence electrons. The third-order valence-corrected chi connectivity index (χ3v) is 1.28. The minimum atomic E-state index is -4.76. The number of carbonyl (C=O) groups excluding carboxylic acids is 1. The molecule has 0 saturated heterocycles. The van der Waals surface area contributed by atoms with Crippen LogP contribution in [0.2, 0.25) is 0 Å². The van der Waals surface area contributed by atoms with Crippen molar-refractivity contribution < 1.29 is 22.8 Å². The molecule has 0 unspecified atom stereocenters. The fraction of sp³-hybridized carbons (Fsp3) is 0.286. The van der Waals surface area contributed by atoms with Gasteiger partial charge in [0.25, 0.3) is 0 Å². The van der Waals surface area contributed by atoms with Crippen LogP contribution in [-0.2, 0) is 9.63 Å². The van der Waals surface area contributed by atoms with Crippen LogP contribution in [0, 0.1) is 0 Å². The second-order valence-corrected chi connectivity index (χ2v) is 2.60. The maximum atomic E-state index is 12.3. The number of aromatic nitrogens is 2. The third kappa shape index (κ3) is 3.59. The summed E-state index contributed by atoms with van der Waals surface area (Å²) < 4.78 is 37.0. The summed E-state index contributed by atoms with van der Waals surface area (Å²) in [4.78, 5) is 17.5. The van der Waals surface area contributed by atoms with Gasteiger partial charge in [-0.05, 0) is 0 Å². The standard InChI is InChI=1S/C7H7F3N4O2/c1-4(15)16-14-6(7(8,9)10)12-5-2-3-11-13-5/h2-3H,1H3,(H2,11,12,13,14). The van der Waals surface area contributed by atoms with Crippen LogP contribution in [0.4, 0.5) is 19.0 Å². The molecule has 0 radical (unpaired) electrons. The van der Waals surface area contributed by atoms with Gasteiger partial charge >= 0.3 is 12.1 Å². The largest absolute Gasteiger partial charge is 0.452 e. The van der Waals surface area contributed by atoms with Gasteiger partial charge in [-0.2, -0.15) is 23.8 Å². The molecule has 0 aliphatic rings. The number of carbonyl (C=O) groups is 1. The van der Waals surface area contributed by atoms with Gasteiger partial charge in [-0.3, -0.25) is 9.89 Å². The Morgan fingerprint density at radius 2 is 2.31 bits per heavy atom. The Morgan fingerprint density at radius 1 is 1.62 bits per heavy atom. The summed E-state index contributed by atoms with van der Waals surface area (Å²) in [5, 5.41) is 5.63. The van der Waals surface area contributed by atoms with Crippen LogP contribution in [-0.4, -0.2) is 28.2 Å². The minimum Gasteiger partial charge on any atom is -0.342 e. The average Bonchev–Trinajstić information content (AvgIpc) is 2.62. The Morgan fingerprint density at radius 3 is 2.75 bits per heavy atom. The Labute approximate surface area is 87.5 Å². The summed E-state index contributed by atoms with van der Waals surface area (Å²) in [6, 6.07) is 1.22. The molecule has 1 aromatic rings. The number of hydrogen-bond donors (Lipinski definition) is 2.